The fraction of sp³-hybridized carbons (Fsp3) is 0.429. The fourth-order valence-electron chi connectivity index (χ4n) is 4.06. The minimum Gasteiger partial charge on any atom is -0.493 e. The zero-order chi connectivity index (χ0) is 19.1. The molecule has 1 fully saturated rings. The van der Waals surface area contributed by atoms with Gasteiger partial charge in [-0.05, 0) is 72.9 Å². The van der Waals surface area contributed by atoms with Crippen LogP contribution in [0.2, 0.25) is 0 Å². The second-order valence-electron chi connectivity index (χ2n) is 7.40. The molecule has 1 aliphatic carbocycles. The van der Waals surface area contributed by atoms with Gasteiger partial charge in [-0.3, -0.25) is 10.1 Å². The summed E-state index contributed by atoms with van der Waals surface area (Å²) in [7, 11) is 0. The molecule has 0 bridgehead atoms. The van der Waals surface area contributed by atoms with Gasteiger partial charge in [-0.25, -0.2) is 0 Å². The van der Waals surface area contributed by atoms with Crippen LogP contribution < -0.4 is 4.74 Å². The first-order valence-electron chi connectivity index (χ1n) is 9.38. The standard InChI is InChI=1S/C21H23NO5/c1-12-17(22(25)26)10-16(13-4-5-13)21(20(12)18(24)11-23)15-6-7-19-14(9-15)3-2-8-27-19/h6-7,9-10,13,18,23-24H,2-5,8,11H2,1H3. The van der Waals surface area contributed by atoms with Crippen LogP contribution in [0.4, 0.5) is 5.69 Å². The number of benzene rings is 2. The van der Waals surface area contributed by atoms with Crippen molar-refractivity contribution in [1.82, 2.24) is 0 Å². The predicted octanol–water partition coefficient (Wildman–Crippen LogP) is 3.80. The van der Waals surface area contributed by atoms with E-state index in [1.54, 1.807) is 13.0 Å². The monoisotopic (exact) mass is 369 g/mol. The molecule has 2 N–H and O–H groups in total. The molecule has 0 amide bonds. The molecule has 6 nitrogen and oxygen atoms in total. The van der Waals surface area contributed by atoms with Crippen molar-refractivity contribution in [1.29, 1.82) is 0 Å². The highest BCUT2D eigenvalue weighted by molar-refractivity contribution is 5.78. The van der Waals surface area contributed by atoms with Gasteiger partial charge in [-0.2, -0.15) is 0 Å². The molecular formula is C21H23NO5. The van der Waals surface area contributed by atoms with Gasteiger partial charge in [-0.15, -0.1) is 0 Å². The van der Waals surface area contributed by atoms with E-state index in [9.17, 15) is 20.3 Å². The van der Waals surface area contributed by atoms with Crippen molar-refractivity contribution in [2.75, 3.05) is 13.2 Å². The molecule has 0 radical (unpaired) electrons. The van der Waals surface area contributed by atoms with Gasteiger partial charge in [0.1, 0.15) is 11.9 Å². The smallest absolute Gasteiger partial charge is 0.273 e. The van der Waals surface area contributed by atoms with Crippen LogP contribution in [0.3, 0.4) is 0 Å². The predicted molar refractivity (Wildman–Crippen MR) is 101 cm³/mol. The first-order chi connectivity index (χ1) is 13.0. The van der Waals surface area contributed by atoms with Crippen molar-refractivity contribution in [2.45, 2.75) is 44.6 Å². The zero-order valence-corrected chi connectivity index (χ0v) is 15.3. The Morgan fingerprint density at radius 2 is 2.11 bits per heavy atom. The SMILES string of the molecule is Cc1c([N+](=O)[O-])cc(C2CC2)c(-c2ccc3c(c2)CCCO3)c1C(O)CO. The number of ether oxygens (including phenoxy) is 1. The number of aryl methyl sites for hydroxylation is 1. The van der Waals surface area contributed by atoms with Crippen LogP contribution in [0.25, 0.3) is 11.1 Å². The van der Waals surface area contributed by atoms with Gasteiger partial charge in [0.2, 0.25) is 0 Å². The van der Waals surface area contributed by atoms with Crippen LogP contribution >= 0.6 is 0 Å². The van der Waals surface area contributed by atoms with E-state index in [1.807, 2.05) is 12.1 Å². The van der Waals surface area contributed by atoms with E-state index in [1.165, 1.54) is 0 Å². The highest BCUT2D eigenvalue weighted by atomic mass is 16.6. The van der Waals surface area contributed by atoms with Crippen molar-refractivity contribution in [3.05, 3.63) is 56.6 Å². The maximum atomic E-state index is 11.6. The average Bonchev–Trinajstić information content (AvgIpc) is 3.51. The Hall–Kier alpha value is -2.44. The summed E-state index contributed by atoms with van der Waals surface area (Å²) in [5.74, 6) is 1.14. The van der Waals surface area contributed by atoms with E-state index in [0.717, 1.165) is 53.7 Å². The summed E-state index contributed by atoms with van der Waals surface area (Å²) >= 11 is 0. The van der Waals surface area contributed by atoms with Gasteiger partial charge in [0.15, 0.2) is 0 Å². The highest BCUT2D eigenvalue weighted by Gasteiger charge is 2.33. The third-order valence-corrected chi connectivity index (χ3v) is 5.56. The van der Waals surface area contributed by atoms with Crippen molar-refractivity contribution in [2.24, 2.45) is 0 Å². The van der Waals surface area contributed by atoms with Gasteiger partial charge in [0.25, 0.3) is 5.69 Å². The molecule has 6 heteroatoms. The molecule has 2 aromatic rings. The summed E-state index contributed by atoms with van der Waals surface area (Å²) in [4.78, 5) is 11.2. The number of hydrogen-bond acceptors (Lipinski definition) is 5. The van der Waals surface area contributed by atoms with Gasteiger partial charge < -0.3 is 14.9 Å². The van der Waals surface area contributed by atoms with E-state index >= 15 is 0 Å². The van der Waals surface area contributed by atoms with Crippen LogP contribution in [-0.2, 0) is 6.42 Å². The van der Waals surface area contributed by atoms with Gasteiger partial charge in [-0.1, -0.05) is 6.07 Å². The highest BCUT2D eigenvalue weighted by Crippen LogP contribution is 2.49. The Balaban J connectivity index is 1.98. The number of aliphatic hydroxyl groups is 2. The minimum absolute atomic E-state index is 0.00411. The summed E-state index contributed by atoms with van der Waals surface area (Å²) in [6.07, 6.45) is 2.68. The average molecular weight is 369 g/mol. The van der Waals surface area contributed by atoms with E-state index in [4.69, 9.17) is 4.74 Å². The quantitative estimate of drug-likeness (QED) is 0.618. The molecule has 1 saturated carbocycles. The molecule has 1 atom stereocenters. The molecule has 27 heavy (non-hydrogen) atoms. The van der Waals surface area contributed by atoms with Crippen molar-refractivity contribution >= 4 is 5.69 Å². The van der Waals surface area contributed by atoms with Crippen LogP contribution in [0.15, 0.2) is 24.3 Å². The molecule has 0 saturated heterocycles. The molecular weight excluding hydrogens is 346 g/mol. The Labute approximate surface area is 157 Å². The molecule has 4 rings (SSSR count). The lowest BCUT2D eigenvalue weighted by Crippen LogP contribution is -2.12. The summed E-state index contributed by atoms with van der Waals surface area (Å²) in [5, 5.41) is 31.7. The molecule has 0 aromatic heterocycles. The maximum Gasteiger partial charge on any atom is 0.273 e. The Kier molecular flexibility index (Phi) is 4.61. The number of nitrogens with zero attached hydrogens (tertiary/aromatic N) is 1. The first kappa shape index (κ1) is 17.9. The number of nitro benzene ring substituents is 1. The number of aliphatic hydroxyl groups excluding tert-OH is 2. The third-order valence-electron chi connectivity index (χ3n) is 5.56. The maximum absolute atomic E-state index is 11.6. The first-order valence-corrected chi connectivity index (χ1v) is 9.38. The molecule has 0 spiro atoms. The topological polar surface area (TPSA) is 92.8 Å². The molecule has 1 heterocycles. The van der Waals surface area contributed by atoms with Crippen molar-refractivity contribution < 1.29 is 19.9 Å². The van der Waals surface area contributed by atoms with Crippen LogP contribution in [0, 0.1) is 17.0 Å². The largest absolute Gasteiger partial charge is 0.493 e. The number of hydrogen-bond donors (Lipinski definition) is 2. The van der Waals surface area contributed by atoms with E-state index in [-0.39, 0.29) is 11.6 Å². The number of rotatable bonds is 5. The Bertz CT molecular complexity index is 904. The fourth-order valence-corrected chi connectivity index (χ4v) is 4.06. The van der Waals surface area contributed by atoms with Gasteiger partial charge >= 0.3 is 0 Å². The second-order valence-corrected chi connectivity index (χ2v) is 7.40. The molecule has 2 aromatic carbocycles. The van der Waals surface area contributed by atoms with E-state index < -0.39 is 17.6 Å². The normalized spacial score (nSPS) is 17.1. The van der Waals surface area contributed by atoms with Crippen LogP contribution in [-0.4, -0.2) is 28.4 Å². The number of fused-ring (bicyclic) bond motifs is 1. The lowest BCUT2D eigenvalue weighted by atomic mass is 9.85. The van der Waals surface area contributed by atoms with E-state index in [2.05, 4.69) is 6.07 Å². The molecule has 142 valence electrons. The van der Waals surface area contributed by atoms with E-state index in [0.29, 0.717) is 17.7 Å². The molecule has 1 unspecified atom stereocenters. The lowest BCUT2D eigenvalue weighted by Gasteiger charge is -2.23. The summed E-state index contributed by atoms with van der Waals surface area (Å²) in [6, 6.07) is 7.61. The van der Waals surface area contributed by atoms with Crippen molar-refractivity contribution in [3.8, 4) is 16.9 Å². The van der Waals surface area contributed by atoms with Crippen LogP contribution in [0.1, 0.15) is 53.5 Å². The number of nitro groups is 1. The summed E-state index contributed by atoms with van der Waals surface area (Å²) < 4.78 is 5.70. The second kappa shape index (κ2) is 6.94. The van der Waals surface area contributed by atoms with Gasteiger partial charge in [0, 0.05) is 17.2 Å². The lowest BCUT2D eigenvalue weighted by molar-refractivity contribution is -0.385. The zero-order valence-electron chi connectivity index (χ0n) is 15.3. The summed E-state index contributed by atoms with van der Waals surface area (Å²) in [5.41, 5.74) is 4.63. The Morgan fingerprint density at radius 3 is 2.78 bits per heavy atom. The summed E-state index contributed by atoms with van der Waals surface area (Å²) in [6.45, 7) is 1.88. The molecule has 2 aliphatic rings. The van der Waals surface area contributed by atoms with Crippen LogP contribution in [0.5, 0.6) is 5.75 Å². The third kappa shape index (κ3) is 3.19. The van der Waals surface area contributed by atoms with Crippen molar-refractivity contribution in [3.63, 3.8) is 0 Å². The molecule has 1 aliphatic heterocycles. The Morgan fingerprint density at radius 1 is 1.33 bits per heavy atom. The van der Waals surface area contributed by atoms with Gasteiger partial charge in [0.05, 0.1) is 18.1 Å². The minimum atomic E-state index is -1.16.